The summed E-state index contributed by atoms with van der Waals surface area (Å²) in [5.41, 5.74) is 6.21. The molecule has 1 saturated heterocycles. The van der Waals surface area contributed by atoms with E-state index in [1.54, 1.807) is 0 Å². The molecule has 1 amide bonds. The molecular formula is C13H17FN2O. The number of rotatable bonds is 2. The van der Waals surface area contributed by atoms with Crippen LogP contribution in [0, 0.1) is 5.82 Å². The van der Waals surface area contributed by atoms with Gasteiger partial charge in [-0.3, -0.25) is 4.79 Å². The third kappa shape index (κ3) is 2.64. The Morgan fingerprint density at radius 3 is 2.71 bits per heavy atom. The number of likely N-dealkylation sites (tertiary alicyclic amines) is 1. The largest absolute Gasteiger partial charge is 0.334 e. The standard InChI is InChI=1S/C13H17FN2O/c14-11-6-4-10(5-7-11)13(17)16-8-2-1-3-12(16)9-15/h4-7,12H,1-3,8-9,15H2. The number of piperidine rings is 1. The van der Waals surface area contributed by atoms with Crippen LogP contribution in [0.25, 0.3) is 0 Å². The van der Waals surface area contributed by atoms with Gasteiger partial charge in [0.25, 0.3) is 5.91 Å². The van der Waals surface area contributed by atoms with E-state index in [0.717, 1.165) is 25.8 Å². The highest BCUT2D eigenvalue weighted by molar-refractivity contribution is 5.94. The van der Waals surface area contributed by atoms with Crippen molar-refractivity contribution < 1.29 is 9.18 Å². The van der Waals surface area contributed by atoms with E-state index in [1.165, 1.54) is 24.3 Å². The van der Waals surface area contributed by atoms with Crippen LogP contribution in [0.3, 0.4) is 0 Å². The van der Waals surface area contributed by atoms with Gasteiger partial charge in [-0.15, -0.1) is 0 Å². The lowest BCUT2D eigenvalue weighted by molar-refractivity contribution is 0.0623. The molecule has 0 bridgehead atoms. The van der Waals surface area contributed by atoms with Crippen molar-refractivity contribution in [3.63, 3.8) is 0 Å². The predicted molar refractivity (Wildman–Crippen MR) is 64.1 cm³/mol. The number of amides is 1. The second kappa shape index (κ2) is 5.27. The minimum absolute atomic E-state index is 0.0415. The fraction of sp³-hybridized carbons (Fsp3) is 0.462. The average Bonchev–Trinajstić information content (AvgIpc) is 2.39. The molecule has 2 rings (SSSR count). The Balaban J connectivity index is 2.15. The molecule has 1 unspecified atom stereocenters. The zero-order chi connectivity index (χ0) is 12.3. The maximum absolute atomic E-state index is 12.8. The lowest BCUT2D eigenvalue weighted by Crippen LogP contribution is -2.47. The molecule has 0 radical (unpaired) electrons. The summed E-state index contributed by atoms with van der Waals surface area (Å²) in [7, 11) is 0. The molecule has 1 aromatic carbocycles. The van der Waals surface area contributed by atoms with E-state index in [2.05, 4.69) is 0 Å². The number of carbonyl (C=O) groups is 1. The minimum Gasteiger partial charge on any atom is -0.334 e. The van der Waals surface area contributed by atoms with Gasteiger partial charge in [0.2, 0.25) is 0 Å². The zero-order valence-corrected chi connectivity index (χ0v) is 9.73. The summed E-state index contributed by atoms with van der Waals surface area (Å²) in [4.78, 5) is 14.0. The molecule has 0 saturated carbocycles. The second-order valence-corrected chi connectivity index (χ2v) is 4.39. The summed E-state index contributed by atoms with van der Waals surface area (Å²) in [6.07, 6.45) is 3.10. The van der Waals surface area contributed by atoms with Crippen molar-refractivity contribution in [2.24, 2.45) is 5.73 Å². The first-order valence-corrected chi connectivity index (χ1v) is 5.99. The maximum Gasteiger partial charge on any atom is 0.254 e. The fourth-order valence-electron chi connectivity index (χ4n) is 2.27. The molecule has 1 aliphatic rings. The zero-order valence-electron chi connectivity index (χ0n) is 9.73. The van der Waals surface area contributed by atoms with Crippen molar-refractivity contribution in [1.82, 2.24) is 4.90 Å². The Bertz CT molecular complexity index is 391. The van der Waals surface area contributed by atoms with Crippen LogP contribution in [0.4, 0.5) is 4.39 Å². The maximum atomic E-state index is 12.8. The summed E-state index contributed by atoms with van der Waals surface area (Å²) >= 11 is 0. The van der Waals surface area contributed by atoms with Crippen molar-refractivity contribution in [2.75, 3.05) is 13.1 Å². The summed E-state index contributed by atoms with van der Waals surface area (Å²) in [5.74, 6) is -0.365. The van der Waals surface area contributed by atoms with Gasteiger partial charge in [0.05, 0.1) is 0 Å². The van der Waals surface area contributed by atoms with Gasteiger partial charge in [-0.2, -0.15) is 0 Å². The number of halogens is 1. The van der Waals surface area contributed by atoms with E-state index in [0.29, 0.717) is 12.1 Å². The van der Waals surface area contributed by atoms with Gasteiger partial charge in [0, 0.05) is 24.7 Å². The molecule has 17 heavy (non-hydrogen) atoms. The third-order valence-corrected chi connectivity index (χ3v) is 3.25. The van der Waals surface area contributed by atoms with Crippen molar-refractivity contribution in [3.05, 3.63) is 35.6 Å². The van der Waals surface area contributed by atoms with E-state index < -0.39 is 0 Å². The first-order valence-electron chi connectivity index (χ1n) is 5.99. The first kappa shape index (κ1) is 12.0. The molecule has 1 aromatic rings. The topological polar surface area (TPSA) is 46.3 Å². The Labute approximate surface area is 100 Å². The van der Waals surface area contributed by atoms with Gasteiger partial charge < -0.3 is 10.6 Å². The van der Waals surface area contributed by atoms with Gasteiger partial charge in [0.1, 0.15) is 5.82 Å². The monoisotopic (exact) mass is 236 g/mol. The fourth-order valence-corrected chi connectivity index (χ4v) is 2.27. The SMILES string of the molecule is NCC1CCCCN1C(=O)c1ccc(F)cc1. The molecular weight excluding hydrogens is 219 g/mol. The molecule has 1 atom stereocenters. The molecule has 1 aliphatic heterocycles. The van der Waals surface area contributed by atoms with E-state index in [9.17, 15) is 9.18 Å². The Kier molecular flexibility index (Phi) is 3.74. The molecule has 0 spiro atoms. The molecule has 1 heterocycles. The van der Waals surface area contributed by atoms with Crippen LogP contribution in [0.15, 0.2) is 24.3 Å². The molecule has 1 fully saturated rings. The van der Waals surface area contributed by atoms with Crippen molar-refractivity contribution in [3.8, 4) is 0 Å². The van der Waals surface area contributed by atoms with Crippen LogP contribution < -0.4 is 5.73 Å². The number of nitrogens with two attached hydrogens (primary N) is 1. The summed E-state index contributed by atoms with van der Waals surface area (Å²) in [6, 6.07) is 5.81. The molecule has 92 valence electrons. The predicted octanol–water partition coefficient (Wildman–Crippen LogP) is 1.78. The Morgan fingerprint density at radius 1 is 1.35 bits per heavy atom. The van der Waals surface area contributed by atoms with Crippen LogP contribution >= 0.6 is 0 Å². The van der Waals surface area contributed by atoms with Gasteiger partial charge >= 0.3 is 0 Å². The van der Waals surface area contributed by atoms with Crippen molar-refractivity contribution in [1.29, 1.82) is 0 Å². The van der Waals surface area contributed by atoms with Gasteiger partial charge in [-0.25, -0.2) is 4.39 Å². The number of hydrogen-bond acceptors (Lipinski definition) is 2. The highest BCUT2D eigenvalue weighted by atomic mass is 19.1. The minimum atomic E-state index is -0.324. The average molecular weight is 236 g/mol. The molecule has 0 aromatic heterocycles. The van der Waals surface area contributed by atoms with E-state index in [1.807, 2.05) is 4.90 Å². The molecule has 2 N–H and O–H groups in total. The summed E-state index contributed by atoms with van der Waals surface area (Å²) in [6.45, 7) is 1.24. The van der Waals surface area contributed by atoms with Crippen LogP contribution in [-0.4, -0.2) is 29.9 Å². The first-order chi connectivity index (χ1) is 8.22. The quantitative estimate of drug-likeness (QED) is 0.850. The lowest BCUT2D eigenvalue weighted by Gasteiger charge is -2.35. The van der Waals surface area contributed by atoms with Gasteiger partial charge in [0.15, 0.2) is 0 Å². The molecule has 3 nitrogen and oxygen atoms in total. The van der Waals surface area contributed by atoms with Crippen LogP contribution in [-0.2, 0) is 0 Å². The number of hydrogen-bond donors (Lipinski definition) is 1. The van der Waals surface area contributed by atoms with E-state index in [-0.39, 0.29) is 17.8 Å². The van der Waals surface area contributed by atoms with Gasteiger partial charge in [-0.05, 0) is 43.5 Å². The summed E-state index contributed by atoms with van der Waals surface area (Å²) in [5, 5.41) is 0. The number of benzene rings is 1. The number of carbonyl (C=O) groups excluding carboxylic acids is 1. The molecule has 4 heteroatoms. The Morgan fingerprint density at radius 2 is 2.06 bits per heavy atom. The normalized spacial score (nSPS) is 20.4. The smallest absolute Gasteiger partial charge is 0.254 e. The Hall–Kier alpha value is -1.42. The molecule has 0 aliphatic carbocycles. The number of nitrogens with zero attached hydrogens (tertiary/aromatic N) is 1. The van der Waals surface area contributed by atoms with Crippen LogP contribution in [0.2, 0.25) is 0 Å². The van der Waals surface area contributed by atoms with Crippen LogP contribution in [0.5, 0.6) is 0 Å². The van der Waals surface area contributed by atoms with Crippen LogP contribution in [0.1, 0.15) is 29.6 Å². The van der Waals surface area contributed by atoms with E-state index >= 15 is 0 Å². The van der Waals surface area contributed by atoms with E-state index in [4.69, 9.17) is 5.73 Å². The van der Waals surface area contributed by atoms with Crippen molar-refractivity contribution in [2.45, 2.75) is 25.3 Å². The van der Waals surface area contributed by atoms with Gasteiger partial charge in [-0.1, -0.05) is 0 Å². The summed E-state index contributed by atoms with van der Waals surface area (Å²) < 4.78 is 12.8. The second-order valence-electron chi connectivity index (χ2n) is 4.39. The third-order valence-electron chi connectivity index (χ3n) is 3.25. The lowest BCUT2D eigenvalue weighted by atomic mass is 10.0. The van der Waals surface area contributed by atoms with Crippen molar-refractivity contribution >= 4 is 5.91 Å². The highest BCUT2D eigenvalue weighted by Gasteiger charge is 2.26. The highest BCUT2D eigenvalue weighted by Crippen LogP contribution is 2.19.